The predicted molar refractivity (Wildman–Crippen MR) is 71.1 cm³/mol. The number of nitrogens with one attached hydrogen (secondary N) is 1. The first-order valence-corrected chi connectivity index (χ1v) is 6.11. The van der Waals surface area contributed by atoms with Crippen LogP contribution in [0.4, 0.5) is 0 Å². The third-order valence-corrected chi connectivity index (χ3v) is 2.25. The first-order chi connectivity index (χ1) is 8.22. The maximum absolute atomic E-state index is 5.50. The molecule has 0 spiro atoms. The number of hydrogen-bond donors (Lipinski definition) is 1. The summed E-state index contributed by atoms with van der Waals surface area (Å²) in [5.74, 6) is 1.36. The topological polar surface area (TPSA) is 34.1 Å². The Kier molecular flexibility index (Phi) is 6.33. The van der Waals surface area contributed by atoms with Crippen LogP contribution in [0.3, 0.4) is 0 Å². The molecule has 3 nitrogen and oxygen atoms in total. The molecule has 0 unspecified atom stereocenters. The van der Waals surface area contributed by atoms with Gasteiger partial charge in [0.05, 0.1) is 6.61 Å². The van der Waals surface area contributed by atoms with Gasteiger partial charge in [-0.1, -0.05) is 19.9 Å². The quantitative estimate of drug-likeness (QED) is 0.555. The Balaban J connectivity index is 2.39. The molecule has 0 fully saturated rings. The molecule has 0 aliphatic carbocycles. The molecule has 0 aliphatic rings. The molecular weight excluding hydrogens is 212 g/mol. The van der Waals surface area contributed by atoms with E-state index in [1.54, 1.807) is 6.20 Å². The number of nitrogens with zero attached hydrogens (tertiary/aromatic N) is 1. The predicted octanol–water partition coefficient (Wildman–Crippen LogP) is 2.78. The van der Waals surface area contributed by atoms with Gasteiger partial charge in [-0.15, -0.1) is 6.58 Å². The number of aromatic nitrogens is 1. The summed E-state index contributed by atoms with van der Waals surface area (Å²) in [5.41, 5.74) is 1.20. The van der Waals surface area contributed by atoms with Crippen LogP contribution in [0.15, 0.2) is 31.0 Å². The monoisotopic (exact) mass is 234 g/mol. The van der Waals surface area contributed by atoms with Crippen molar-refractivity contribution in [3.05, 3.63) is 36.5 Å². The van der Waals surface area contributed by atoms with Crippen LogP contribution in [0.2, 0.25) is 0 Å². The molecule has 3 heteroatoms. The summed E-state index contributed by atoms with van der Waals surface area (Å²) in [5, 5.41) is 3.40. The number of ether oxygens (including phenoxy) is 1. The third-order valence-electron chi connectivity index (χ3n) is 2.25. The summed E-state index contributed by atoms with van der Waals surface area (Å²) >= 11 is 0. The lowest BCUT2D eigenvalue weighted by molar-refractivity contribution is 0.312. The lowest BCUT2D eigenvalue weighted by atomic mass is 10.2. The largest absolute Gasteiger partial charge is 0.477 e. The van der Waals surface area contributed by atoms with Crippen LogP contribution in [0.25, 0.3) is 0 Å². The third kappa shape index (κ3) is 6.07. The first-order valence-electron chi connectivity index (χ1n) is 6.11. The molecule has 0 radical (unpaired) electrons. The van der Waals surface area contributed by atoms with E-state index in [2.05, 4.69) is 30.7 Å². The van der Waals surface area contributed by atoms with Crippen molar-refractivity contribution in [1.82, 2.24) is 10.3 Å². The van der Waals surface area contributed by atoms with Crippen LogP contribution in [0.1, 0.15) is 25.8 Å². The fourth-order valence-corrected chi connectivity index (χ4v) is 1.39. The van der Waals surface area contributed by atoms with E-state index in [1.807, 2.05) is 18.2 Å². The first kappa shape index (κ1) is 13.7. The summed E-state index contributed by atoms with van der Waals surface area (Å²) in [7, 11) is 0. The summed E-state index contributed by atoms with van der Waals surface area (Å²) in [6.07, 6.45) is 4.47. The van der Waals surface area contributed by atoms with Gasteiger partial charge >= 0.3 is 0 Å². The second kappa shape index (κ2) is 7.85. The van der Waals surface area contributed by atoms with Crippen molar-refractivity contribution in [2.24, 2.45) is 5.92 Å². The van der Waals surface area contributed by atoms with Gasteiger partial charge in [0.15, 0.2) is 0 Å². The average Bonchev–Trinajstić information content (AvgIpc) is 2.29. The van der Waals surface area contributed by atoms with Crippen LogP contribution >= 0.6 is 0 Å². The lowest BCUT2D eigenvalue weighted by Crippen LogP contribution is -2.19. The highest BCUT2D eigenvalue weighted by atomic mass is 16.5. The van der Waals surface area contributed by atoms with E-state index in [1.165, 1.54) is 5.56 Å². The Morgan fingerprint density at radius 1 is 1.53 bits per heavy atom. The summed E-state index contributed by atoms with van der Waals surface area (Å²) in [4.78, 5) is 4.17. The van der Waals surface area contributed by atoms with Gasteiger partial charge in [-0.3, -0.25) is 0 Å². The number of pyridine rings is 1. The maximum Gasteiger partial charge on any atom is 0.213 e. The van der Waals surface area contributed by atoms with Crippen LogP contribution in [0, 0.1) is 5.92 Å². The zero-order chi connectivity index (χ0) is 12.5. The molecule has 0 saturated carbocycles. The number of rotatable bonds is 8. The zero-order valence-corrected chi connectivity index (χ0v) is 10.8. The maximum atomic E-state index is 5.50. The highest BCUT2D eigenvalue weighted by Gasteiger charge is 1.99. The van der Waals surface area contributed by atoms with Crippen molar-refractivity contribution in [3.8, 4) is 5.88 Å². The molecule has 0 atom stereocenters. The second-order valence-corrected chi connectivity index (χ2v) is 4.45. The van der Waals surface area contributed by atoms with E-state index in [9.17, 15) is 0 Å². The summed E-state index contributed by atoms with van der Waals surface area (Å²) in [6, 6.07) is 3.99. The zero-order valence-electron chi connectivity index (χ0n) is 10.8. The van der Waals surface area contributed by atoms with Crippen molar-refractivity contribution in [1.29, 1.82) is 0 Å². The minimum atomic E-state index is 0.638. The Morgan fingerprint density at radius 3 is 3.06 bits per heavy atom. The van der Waals surface area contributed by atoms with Gasteiger partial charge in [0.25, 0.3) is 0 Å². The van der Waals surface area contributed by atoms with Crippen molar-refractivity contribution < 1.29 is 4.74 Å². The fraction of sp³-hybridized carbons (Fsp3) is 0.500. The molecule has 1 aromatic rings. The molecule has 94 valence electrons. The van der Waals surface area contributed by atoms with E-state index >= 15 is 0 Å². The Hall–Kier alpha value is -1.35. The molecule has 1 aromatic heterocycles. The van der Waals surface area contributed by atoms with Crippen LogP contribution in [0.5, 0.6) is 5.88 Å². The van der Waals surface area contributed by atoms with Crippen LogP contribution in [-0.4, -0.2) is 18.1 Å². The van der Waals surface area contributed by atoms with Crippen molar-refractivity contribution in [2.45, 2.75) is 26.8 Å². The Bertz CT molecular complexity index is 337. The van der Waals surface area contributed by atoms with Crippen molar-refractivity contribution in [2.75, 3.05) is 13.2 Å². The van der Waals surface area contributed by atoms with Gasteiger partial charge in [-0.25, -0.2) is 4.98 Å². The molecule has 0 aromatic carbocycles. The van der Waals surface area contributed by atoms with Gasteiger partial charge in [-0.05, 0) is 30.5 Å². The molecule has 17 heavy (non-hydrogen) atoms. The highest BCUT2D eigenvalue weighted by Crippen LogP contribution is 2.09. The molecular formula is C14H22N2O. The van der Waals surface area contributed by atoms with E-state index in [0.717, 1.165) is 19.5 Å². The number of hydrogen-bond acceptors (Lipinski definition) is 3. The van der Waals surface area contributed by atoms with E-state index in [0.29, 0.717) is 18.4 Å². The van der Waals surface area contributed by atoms with Gasteiger partial charge in [0.2, 0.25) is 5.88 Å². The van der Waals surface area contributed by atoms with Crippen LogP contribution in [-0.2, 0) is 6.54 Å². The second-order valence-electron chi connectivity index (χ2n) is 4.45. The van der Waals surface area contributed by atoms with Crippen LogP contribution < -0.4 is 10.1 Å². The van der Waals surface area contributed by atoms with Gasteiger partial charge < -0.3 is 10.1 Å². The van der Waals surface area contributed by atoms with Crippen molar-refractivity contribution in [3.63, 3.8) is 0 Å². The molecule has 0 bridgehead atoms. The average molecular weight is 234 g/mol. The minimum absolute atomic E-state index is 0.638. The van der Waals surface area contributed by atoms with E-state index in [-0.39, 0.29) is 0 Å². The molecule has 1 rings (SSSR count). The molecule has 0 aliphatic heterocycles. The highest BCUT2D eigenvalue weighted by molar-refractivity contribution is 5.20. The molecule has 1 N–H and O–H groups in total. The fourth-order valence-electron chi connectivity index (χ4n) is 1.39. The molecule has 1 heterocycles. The van der Waals surface area contributed by atoms with Gasteiger partial charge in [0, 0.05) is 18.8 Å². The van der Waals surface area contributed by atoms with Gasteiger partial charge in [0.1, 0.15) is 0 Å². The van der Waals surface area contributed by atoms with Gasteiger partial charge in [-0.2, -0.15) is 0 Å². The van der Waals surface area contributed by atoms with Crippen molar-refractivity contribution >= 4 is 0 Å². The SMILES string of the molecule is C=CCCOc1cc(CNCC(C)C)ccn1. The van der Waals surface area contributed by atoms with E-state index in [4.69, 9.17) is 4.74 Å². The molecule has 0 saturated heterocycles. The van der Waals surface area contributed by atoms with E-state index < -0.39 is 0 Å². The normalized spacial score (nSPS) is 10.5. The Morgan fingerprint density at radius 2 is 2.35 bits per heavy atom. The standard InChI is InChI=1S/C14H22N2O/c1-4-5-8-17-14-9-13(6-7-16-14)11-15-10-12(2)3/h4,6-7,9,12,15H,1,5,8,10-11H2,2-3H3. The Labute approximate surface area is 104 Å². The minimum Gasteiger partial charge on any atom is -0.477 e. The lowest BCUT2D eigenvalue weighted by Gasteiger charge is -2.08. The smallest absolute Gasteiger partial charge is 0.213 e. The summed E-state index contributed by atoms with van der Waals surface area (Å²) in [6.45, 7) is 10.6. The molecule has 0 amide bonds. The summed E-state index contributed by atoms with van der Waals surface area (Å²) < 4.78 is 5.50.